The Balaban J connectivity index is 0.753. The molecule has 0 nitrogen and oxygen atoms in total. The van der Waals surface area contributed by atoms with Gasteiger partial charge in [-0.1, -0.05) is 245 Å². The number of hydrogen-bond donors (Lipinski definition) is 0. The average molecular weight is 1060 g/mol. The lowest BCUT2D eigenvalue weighted by atomic mass is 9.66. The van der Waals surface area contributed by atoms with E-state index in [-0.39, 0.29) is 27.6 Å². The first-order valence-corrected chi connectivity index (χ1v) is 30.5. The van der Waals surface area contributed by atoms with Crippen molar-refractivity contribution in [2.45, 2.75) is 109 Å². The van der Waals surface area contributed by atoms with E-state index in [1.54, 1.807) is 0 Å². The van der Waals surface area contributed by atoms with E-state index in [9.17, 15) is 0 Å². The van der Waals surface area contributed by atoms with E-state index in [1.807, 2.05) is 0 Å². The van der Waals surface area contributed by atoms with Crippen LogP contribution in [-0.2, 0) is 27.1 Å². The maximum atomic E-state index is 2.60. The second-order valence-electron chi connectivity index (χ2n) is 28.7. The van der Waals surface area contributed by atoms with Crippen molar-refractivity contribution in [3.05, 3.63) is 267 Å². The molecule has 0 N–H and O–H groups in total. The number of rotatable bonds is 2. The second kappa shape index (κ2) is 15.5. The van der Waals surface area contributed by atoms with Crippen LogP contribution in [0.3, 0.4) is 0 Å². The Labute approximate surface area is 487 Å². The topological polar surface area (TPSA) is 0 Å². The quantitative estimate of drug-likeness (QED) is 0.151. The molecule has 0 amide bonds. The van der Waals surface area contributed by atoms with Crippen molar-refractivity contribution in [3.8, 4) is 44.5 Å². The molecule has 0 radical (unpaired) electrons. The number of benzene rings is 13. The minimum Gasteiger partial charge on any atom is -0.0761 e. The Kier molecular flexibility index (Phi) is 8.99. The summed E-state index contributed by atoms with van der Waals surface area (Å²) in [5.41, 5.74) is 28.6. The van der Waals surface area contributed by atoms with Crippen LogP contribution in [0.15, 0.2) is 206 Å². The number of fused-ring (bicyclic) bond motifs is 17. The average Bonchev–Trinajstić information content (AvgIpc) is 1.58. The van der Waals surface area contributed by atoms with Crippen molar-refractivity contribution >= 4 is 70.2 Å². The van der Waals surface area contributed by atoms with Crippen molar-refractivity contribution in [2.24, 2.45) is 0 Å². The molecule has 398 valence electrons. The highest BCUT2D eigenvalue weighted by atomic mass is 14.6. The van der Waals surface area contributed by atoms with Gasteiger partial charge in [0.15, 0.2) is 0 Å². The van der Waals surface area contributed by atoms with Crippen LogP contribution in [0.4, 0.5) is 0 Å². The summed E-state index contributed by atoms with van der Waals surface area (Å²) in [4.78, 5) is 0. The normalized spacial score (nSPS) is 18.7. The fourth-order valence-electron chi connectivity index (χ4n) is 17.3. The first-order chi connectivity index (χ1) is 39.9. The molecule has 0 heterocycles. The first kappa shape index (κ1) is 48.0. The molecule has 13 aromatic carbocycles. The van der Waals surface area contributed by atoms with E-state index >= 15 is 0 Å². The van der Waals surface area contributed by atoms with Crippen LogP contribution in [0.5, 0.6) is 0 Å². The summed E-state index contributed by atoms with van der Waals surface area (Å²) in [6, 6.07) is 75.1. The molecule has 5 aliphatic carbocycles. The third-order valence-corrected chi connectivity index (χ3v) is 21.6. The first-order valence-electron chi connectivity index (χ1n) is 30.5. The van der Waals surface area contributed by atoms with Crippen molar-refractivity contribution in [2.75, 3.05) is 0 Å². The zero-order valence-electron chi connectivity index (χ0n) is 49.3. The van der Waals surface area contributed by atoms with Gasteiger partial charge in [0.25, 0.3) is 0 Å². The van der Waals surface area contributed by atoms with Crippen LogP contribution >= 0.6 is 0 Å². The van der Waals surface area contributed by atoms with E-state index < -0.39 is 5.41 Å². The van der Waals surface area contributed by atoms with Crippen LogP contribution in [0.25, 0.3) is 115 Å². The summed E-state index contributed by atoms with van der Waals surface area (Å²) in [6.07, 6.45) is 5.98. The van der Waals surface area contributed by atoms with Crippen LogP contribution in [0, 0.1) is 0 Å². The van der Waals surface area contributed by atoms with E-state index in [1.165, 1.54) is 181 Å². The molecule has 0 saturated carbocycles. The Morgan fingerprint density at radius 3 is 1.34 bits per heavy atom. The third kappa shape index (κ3) is 6.02. The third-order valence-electron chi connectivity index (χ3n) is 21.6. The molecular weight excluding hydrogens is 997 g/mol. The Hall–Kier alpha value is -8.58. The van der Waals surface area contributed by atoms with E-state index in [0.717, 1.165) is 6.42 Å². The summed E-state index contributed by atoms with van der Waals surface area (Å²) >= 11 is 0. The Morgan fingerprint density at radius 1 is 0.361 bits per heavy atom. The van der Waals surface area contributed by atoms with Gasteiger partial charge in [0.1, 0.15) is 0 Å². The molecule has 0 aromatic heterocycles. The predicted octanol–water partition coefficient (Wildman–Crippen LogP) is 22.2. The summed E-state index contributed by atoms with van der Waals surface area (Å²) < 4.78 is 0. The van der Waals surface area contributed by atoms with E-state index in [4.69, 9.17) is 0 Å². The van der Waals surface area contributed by atoms with Crippen LogP contribution in [-0.4, -0.2) is 0 Å². The lowest BCUT2D eigenvalue weighted by Crippen LogP contribution is -2.28. The number of hydrogen-bond acceptors (Lipinski definition) is 0. The SMILES string of the molecule is CC(C)(C)c1cc2ccc3cc4c(c5ccc(c1)c2c35)-c1ccc(-c2ccc3c(c2)C2(C5=C(C=CC(c6ccc7c(c6)C(C)(C)c6cc8ccc9cc(C(C)(C)C)cc%10ccc(c6-7)c8c9%10)C5)c5ccccc52)c2ccccc2-3)cc1C4(C)C. The highest BCUT2D eigenvalue weighted by Gasteiger charge is 2.54. The number of allylic oxidation sites excluding steroid dienone is 4. The molecule has 18 rings (SSSR count). The molecule has 1 spiro atoms. The smallest absolute Gasteiger partial charge is 0.0689 e. The fraction of sp³-hybridized carbons (Fsp3) is 0.205. The Morgan fingerprint density at radius 2 is 0.795 bits per heavy atom. The highest BCUT2D eigenvalue weighted by Crippen LogP contribution is 2.66. The van der Waals surface area contributed by atoms with Crippen LogP contribution in [0.2, 0.25) is 0 Å². The molecule has 0 aliphatic heterocycles. The summed E-state index contributed by atoms with van der Waals surface area (Å²) in [5.74, 6) is 0.216. The van der Waals surface area contributed by atoms with Gasteiger partial charge in [-0.3, -0.25) is 0 Å². The van der Waals surface area contributed by atoms with Gasteiger partial charge in [-0.05, 0) is 223 Å². The summed E-state index contributed by atoms with van der Waals surface area (Å²) in [7, 11) is 0. The lowest BCUT2D eigenvalue weighted by Gasteiger charge is -2.35. The maximum absolute atomic E-state index is 2.60. The zero-order valence-corrected chi connectivity index (χ0v) is 49.3. The predicted molar refractivity (Wildman–Crippen MR) is 353 cm³/mol. The van der Waals surface area contributed by atoms with Crippen molar-refractivity contribution in [1.29, 1.82) is 0 Å². The molecule has 0 bridgehead atoms. The van der Waals surface area contributed by atoms with E-state index in [2.05, 4.69) is 269 Å². The second-order valence-corrected chi connectivity index (χ2v) is 28.7. The summed E-state index contributed by atoms with van der Waals surface area (Å²) in [6.45, 7) is 23.8. The van der Waals surface area contributed by atoms with Crippen molar-refractivity contribution in [3.63, 3.8) is 0 Å². The van der Waals surface area contributed by atoms with Gasteiger partial charge in [0.2, 0.25) is 0 Å². The van der Waals surface area contributed by atoms with Gasteiger partial charge >= 0.3 is 0 Å². The molecule has 0 fully saturated rings. The van der Waals surface area contributed by atoms with Gasteiger partial charge in [0.05, 0.1) is 5.41 Å². The maximum Gasteiger partial charge on any atom is 0.0689 e. The van der Waals surface area contributed by atoms with Crippen LogP contribution < -0.4 is 0 Å². The zero-order chi connectivity index (χ0) is 56.2. The highest BCUT2D eigenvalue weighted by molar-refractivity contribution is 6.28. The Bertz CT molecular complexity index is 5140. The van der Waals surface area contributed by atoms with Crippen molar-refractivity contribution < 1.29 is 0 Å². The van der Waals surface area contributed by atoms with Gasteiger partial charge in [-0.15, -0.1) is 0 Å². The molecule has 0 saturated heterocycles. The van der Waals surface area contributed by atoms with Crippen molar-refractivity contribution in [1.82, 2.24) is 0 Å². The lowest BCUT2D eigenvalue weighted by molar-refractivity contribution is 0.591. The van der Waals surface area contributed by atoms with Gasteiger partial charge in [0, 0.05) is 16.7 Å². The monoisotopic (exact) mass is 1060 g/mol. The molecular formula is C83H66. The minimum atomic E-state index is -0.426. The largest absolute Gasteiger partial charge is 0.0761 e. The van der Waals surface area contributed by atoms with Gasteiger partial charge in [-0.25, -0.2) is 0 Å². The van der Waals surface area contributed by atoms with Gasteiger partial charge in [-0.2, -0.15) is 0 Å². The molecule has 0 heteroatoms. The van der Waals surface area contributed by atoms with E-state index in [0.29, 0.717) is 0 Å². The summed E-state index contributed by atoms with van der Waals surface area (Å²) in [5, 5.41) is 16.4. The molecule has 5 aliphatic rings. The van der Waals surface area contributed by atoms with Crippen LogP contribution in [0.1, 0.15) is 143 Å². The standard InChI is InChI=1S/C83H66/c1-79(2,3)55-35-49-19-21-53-43-71-77(63-33-27-51(37-55)73(49)75(53)63)61-31-25-45(39-67(61)81(71,7)8)47-23-29-59-57-15-11-13-17-65(57)83(69(59)41-47)66-18-14-12-16-58(66)60-30-24-48(42-70(60)83)46-26-32-62-68(40-46)82(9,10)72-44-54-22-20-50-36-56(80(4,5)6)38-52-28-34-64(78(62)72)76(54)74(50)52/h11-41,43-44,48H,42H2,1-10H3. The molecule has 83 heavy (non-hydrogen) atoms. The molecule has 2 atom stereocenters. The molecule has 2 unspecified atom stereocenters. The van der Waals surface area contributed by atoms with Gasteiger partial charge < -0.3 is 0 Å². The minimum absolute atomic E-state index is 0.0774. The molecule has 13 aromatic rings. The fourth-order valence-corrected chi connectivity index (χ4v) is 17.3.